The minimum absolute atomic E-state index is 0.248. The van der Waals surface area contributed by atoms with Gasteiger partial charge in [0, 0.05) is 31.5 Å². The van der Waals surface area contributed by atoms with Crippen LogP contribution in [0, 0.1) is 0 Å². The molecule has 154 valence electrons. The van der Waals surface area contributed by atoms with E-state index in [9.17, 15) is 4.79 Å². The van der Waals surface area contributed by atoms with Gasteiger partial charge >= 0.3 is 0 Å². The van der Waals surface area contributed by atoms with Gasteiger partial charge in [-0.3, -0.25) is 4.79 Å². The number of nitrogens with zero attached hydrogens (tertiary/aromatic N) is 5. The van der Waals surface area contributed by atoms with Crippen molar-refractivity contribution in [2.75, 3.05) is 31.2 Å². The lowest BCUT2D eigenvalue weighted by molar-refractivity contribution is 0.0945. The number of amides is 1. The van der Waals surface area contributed by atoms with Crippen molar-refractivity contribution in [3.05, 3.63) is 66.5 Å². The van der Waals surface area contributed by atoms with Gasteiger partial charge in [0.15, 0.2) is 5.69 Å². The number of morpholine rings is 1. The van der Waals surface area contributed by atoms with Crippen LogP contribution in [-0.4, -0.2) is 52.0 Å². The Morgan fingerprint density at radius 3 is 2.70 bits per heavy atom. The first-order chi connectivity index (χ1) is 14.6. The highest BCUT2D eigenvalue weighted by Crippen LogP contribution is 2.23. The van der Waals surface area contributed by atoms with Crippen LogP contribution in [0.5, 0.6) is 0 Å². The highest BCUT2D eigenvalue weighted by atomic mass is 16.5. The first-order valence-electron chi connectivity index (χ1n) is 9.86. The monoisotopic (exact) mass is 404 g/mol. The van der Waals surface area contributed by atoms with E-state index in [2.05, 4.69) is 26.9 Å². The number of allylic oxidation sites excluding steroid dienone is 1. The Bertz CT molecular complexity index is 1040. The summed E-state index contributed by atoms with van der Waals surface area (Å²) in [4.78, 5) is 23.9. The van der Waals surface area contributed by atoms with Gasteiger partial charge in [0.05, 0.1) is 24.6 Å². The zero-order valence-electron chi connectivity index (χ0n) is 16.9. The highest BCUT2D eigenvalue weighted by Gasteiger charge is 2.19. The predicted molar refractivity (Wildman–Crippen MR) is 115 cm³/mol. The zero-order valence-corrected chi connectivity index (χ0v) is 16.9. The Hall–Kier alpha value is -3.52. The third-order valence-corrected chi connectivity index (χ3v) is 4.80. The van der Waals surface area contributed by atoms with E-state index in [-0.39, 0.29) is 5.91 Å². The summed E-state index contributed by atoms with van der Waals surface area (Å²) >= 11 is 0. The number of carbonyl (C=O) groups is 1. The second-order valence-corrected chi connectivity index (χ2v) is 7.07. The van der Waals surface area contributed by atoms with E-state index in [0.29, 0.717) is 48.5 Å². The molecule has 1 aliphatic rings. The molecule has 1 saturated heterocycles. The summed E-state index contributed by atoms with van der Waals surface area (Å²) < 4.78 is 7.05. The maximum atomic E-state index is 12.7. The van der Waals surface area contributed by atoms with Gasteiger partial charge in [0.25, 0.3) is 5.91 Å². The molecule has 0 unspecified atom stereocenters. The number of nitrogens with one attached hydrogen (secondary N) is 1. The summed E-state index contributed by atoms with van der Waals surface area (Å²) in [7, 11) is 0. The number of hydrogen-bond acceptors (Lipinski definition) is 6. The van der Waals surface area contributed by atoms with Gasteiger partial charge in [-0.05, 0) is 24.6 Å². The van der Waals surface area contributed by atoms with E-state index >= 15 is 0 Å². The molecule has 1 N–H and O–H groups in total. The number of carbonyl (C=O) groups excluding carboxylic acids is 1. The van der Waals surface area contributed by atoms with Crippen LogP contribution >= 0.6 is 0 Å². The summed E-state index contributed by atoms with van der Waals surface area (Å²) in [5.41, 5.74) is 3.42. The molecule has 1 aromatic carbocycles. The van der Waals surface area contributed by atoms with Gasteiger partial charge in [0.2, 0.25) is 5.95 Å². The van der Waals surface area contributed by atoms with E-state index in [1.165, 1.54) is 0 Å². The molecular formula is C22H24N6O2. The first-order valence-corrected chi connectivity index (χ1v) is 9.86. The van der Waals surface area contributed by atoms with Gasteiger partial charge in [-0.15, -0.1) is 0 Å². The van der Waals surface area contributed by atoms with E-state index in [1.54, 1.807) is 16.9 Å². The second-order valence-electron chi connectivity index (χ2n) is 7.07. The normalized spacial score (nSPS) is 13.8. The summed E-state index contributed by atoms with van der Waals surface area (Å²) in [5, 5.41) is 7.36. The Balaban J connectivity index is 1.58. The van der Waals surface area contributed by atoms with Crippen LogP contribution in [0.3, 0.4) is 0 Å². The molecule has 30 heavy (non-hydrogen) atoms. The van der Waals surface area contributed by atoms with Gasteiger partial charge in [0.1, 0.15) is 0 Å². The molecule has 8 heteroatoms. The second kappa shape index (κ2) is 8.87. The van der Waals surface area contributed by atoms with Crippen molar-refractivity contribution in [2.45, 2.75) is 13.5 Å². The summed E-state index contributed by atoms with van der Waals surface area (Å²) in [6.45, 7) is 9.07. The van der Waals surface area contributed by atoms with E-state index < -0.39 is 0 Å². The molecule has 0 atom stereocenters. The lowest BCUT2D eigenvalue weighted by Gasteiger charge is -2.26. The Morgan fingerprint density at radius 2 is 1.97 bits per heavy atom. The van der Waals surface area contributed by atoms with Gasteiger partial charge < -0.3 is 15.0 Å². The number of hydrogen-bond donors (Lipinski definition) is 1. The average molecular weight is 404 g/mol. The molecule has 0 spiro atoms. The lowest BCUT2D eigenvalue weighted by atomic mass is 10.2. The van der Waals surface area contributed by atoms with Crippen LogP contribution in [0.4, 0.5) is 5.95 Å². The standard InChI is InChI=1S/C22H24N6O2/c1-16(2)28-20(18-8-9-23-22(25-18)27-10-12-30-13-11-27)14-19(26-28)21(29)24-15-17-6-4-3-5-7-17/h3-9,14H,1,10-13,15H2,2H3,(H,24,29). The number of benzene rings is 1. The fourth-order valence-electron chi connectivity index (χ4n) is 3.24. The molecule has 0 bridgehead atoms. The number of rotatable bonds is 6. The van der Waals surface area contributed by atoms with Crippen molar-refractivity contribution in [1.29, 1.82) is 0 Å². The molecule has 3 heterocycles. The largest absolute Gasteiger partial charge is 0.378 e. The molecule has 0 saturated carbocycles. The van der Waals surface area contributed by atoms with Crippen LogP contribution in [0.1, 0.15) is 23.0 Å². The van der Waals surface area contributed by atoms with Crippen molar-refractivity contribution < 1.29 is 9.53 Å². The molecule has 2 aromatic heterocycles. The SMILES string of the molecule is C=C(C)n1nc(C(=O)NCc2ccccc2)cc1-c1ccnc(N2CCOCC2)n1. The minimum Gasteiger partial charge on any atom is -0.378 e. The predicted octanol–water partition coefficient (Wildman–Crippen LogP) is 2.60. The van der Waals surface area contributed by atoms with Crippen LogP contribution in [0.15, 0.2) is 55.2 Å². The third kappa shape index (κ3) is 4.38. The molecule has 1 fully saturated rings. The topological polar surface area (TPSA) is 85.2 Å². The van der Waals surface area contributed by atoms with E-state index in [4.69, 9.17) is 9.72 Å². The molecule has 4 rings (SSSR count). The van der Waals surface area contributed by atoms with Crippen LogP contribution in [-0.2, 0) is 11.3 Å². The summed E-state index contributed by atoms with van der Waals surface area (Å²) in [6, 6.07) is 13.3. The molecular weight excluding hydrogens is 380 g/mol. The van der Waals surface area contributed by atoms with Crippen LogP contribution in [0.2, 0.25) is 0 Å². The molecule has 8 nitrogen and oxygen atoms in total. The maximum Gasteiger partial charge on any atom is 0.272 e. The van der Waals surface area contributed by atoms with Gasteiger partial charge in [-0.25, -0.2) is 14.6 Å². The van der Waals surface area contributed by atoms with Crippen molar-refractivity contribution in [2.24, 2.45) is 0 Å². The number of aromatic nitrogens is 4. The number of ether oxygens (including phenoxy) is 1. The maximum absolute atomic E-state index is 12.7. The molecule has 1 aliphatic heterocycles. The third-order valence-electron chi connectivity index (χ3n) is 4.80. The molecule has 1 amide bonds. The summed E-state index contributed by atoms with van der Waals surface area (Å²) in [6.07, 6.45) is 1.72. The van der Waals surface area contributed by atoms with Crippen molar-refractivity contribution in [1.82, 2.24) is 25.1 Å². The van der Waals surface area contributed by atoms with E-state index in [1.807, 2.05) is 43.3 Å². The summed E-state index contributed by atoms with van der Waals surface area (Å²) in [5.74, 6) is 0.392. The van der Waals surface area contributed by atoms with Crippen molar-refractivity contribution in [3.63, 3.8) is 0 Å². The quantitative estimate of drug-likeness (QED) is 0.680. The highest BCUT2D eigenvalue weighted by molar-refractivity contribution is 5.93. The Labute approximate surface area is 175 Å². The van der Waals surface area contributed by atoms with Crippen molar-refractivity contribution in [3.8, 4) is 11.4 Å². The molecule has 0 radical (unpaired) electrons. The van der Waals surface area contributed by atoms with Crippen LogP contribution < -0.4 is 10.2 Å². The first kappa shape index (κ1) is 19.8. The van der Waals surface area contributed by atoms with Crippen molar-refractivity contribution >= 4 is 17.6 Å². The van der Waals surface area contributed by atoms with Gasteiger partial charge in [-0.2, -0.15) is 5.10 Å². The minimum atomic E-state index is -0.248. The Morgan fingerprint density at radius 1 is 1.20 bits per heavy atom. The smallest absolute Gasteiger partial charge is 0.272 e. The zero-order chi connectivity index (χ0) is 20.9. The fraction of sp³-hybridized carbons (Fsp3) is 0.273. The number of anilines is 1. The van der Waals surface area contributed by atoms with Crippen LogP contribution in [0.25, 0.3) is 17.1 Å². The molecule has 0 aliphatic carbocycles. The average Bonchev–Trinajstić information content (AvgIpc) is 3.25. The Kier molecular flexibility index (Phi) is 5.85. The van der Waals surface area contributed by atoms with E-state index in [0.717, 1.165) is 18.7 Å². The van der Waals surface area contributed by atoms with Gasteiger partial charge in [-0.1, -0.05) is 36.9 Å². The lowest BCUT2D eigenvalue weighted by Crippen LogP contribution is -2.37. The molecule has 3 aromatic rings. The fourth-order valence-corrected chi connectivity index (χ4v) is 3.24.